The highest BCUT2D eigenvalue weighted by Crippen LogP contribution is 2.28. The molecule has 0 radical (unpaired) electrons. The van der Waals surface area contributed by atoms with Crippen LogP contribution in [-0.2, 0) is 4.79 Å². The van der Waals surface area contributed by atoms with Crippen molar-refractivity contribution in [2.45, 2.75) is 64.5 Å². The van der Waals surface area contributed by atoms with Gasteiger partial charge in [0.1, 0.15) is 5.88 Å². The van der Waals surface area contributed by atoms with Crippen molar-refractivity contribution in [1.29, 1.82) is 0 Å². The molecule has 0 aromatic rings. The molecule has 1 amide bonds. The van der Waals surface area contributed by atoms with Gasteiger partial charge in [-0.1, -0.05) is 19.3 Å². The van der Waals surface area contributed by atoms with Crippen LogP contribution >= 0.6 is 11.6 Å². The fraction of sp³-hybridized carbons (Fsp3) is 0.917. The molecule has 0 bridgehead atoms. The molecule has 1 aliphatic carbocycles. The van der Waals surface area contributed by atoms with Crippen LogP contribution in [0.5, 0.6) is 0 Å². The minimum atomic E-state index is -0.103. The molecular weight excluding hydrogens is 210 g/mol. The Kier molecular flexibility index (Phi) is 4.45. The molecule has 0 saturated heterocycles. The minimum absolute atomic E-state index is 0.0797. The van der Waals surface area contributed by atoms with Gasteiger partial charge in [0.05, 0.1) is 0 Å². The van der Waals surface area contributed by atoms with Gasteiger partial charge >= 0.3 is 0 Å². The van der Waals surface area contributed by atoms with E-state index >= 15 is 0 Å². The number of carbonyl (C=O) groups is 1. The van der Waals surface area contributed by atoms with E-state index < -0.39 is 0 Å². The second-order valence-corrected chi connectivity index (χ2v) is 5.63. The molecule has 1 aliphatic rings. The maximum absolute atomic E-state index is 11.9. The van der Waals surface area contributed by atoms with Gasteiger partial charge in [-0.05, 0) is 33.6 Å². The van der Waals surface area contributed by atoms with E-state index in [2.05, 4.69) is 20.8 Å². The van der Waals surface area contributed by atoms with E-state index in [-0.39, 0.29) is 17.3 Å². The quantitative estimate of drug-likeness (QED) is 0.669. The largest absolute Gasteiger partial charge is 0.334 e. The van der Waals surface area contributed by atoms with E-state index in [9.17, 15) is 4.79 Å². The van der Waals surface area contributed by atoms with Gasteiger partial charge in [-0.2, -0.15) is 0 Å². The van der Waals surface area contributed by atoms with Crippen molar-refractivity contribution in [1.82, 2.24) is 4.90 Å². The third-order valence-electron chi connectivity index (χ3n) is 3.05. The van der Waals surface area contributed by atoms with Gasteiger partial charge in [0.25, 0.3) is 0 Å². The molecule has 15 heavy (non-hydrogen) atoms. The lowest BCUT2D eigenvalue weighted by molar-refractivity contribution is -0.137. The number of amides is 1. The summed E-state index contributed by atoms with van der Waals surface area (Å²) in [5.41, 5.74) is -0.103. The van der Waals surface area contributed by atoms with Crippen LogP contribution in [0, 0.1) is 0 Å². The Morgan fingerprint density at radius 2 is 1.80 bits per heavy atom. The normalized spacial score (nSPS) is 18.9. The number of nitrogens with zero attached hydrogens (tertiary/aromatic N) is 1. The van der Waals surface area contributed by atoms with E-state index in [0.29, 0.717) is 6.04 Å². The highest BCUT2D eigenvalue weighted by molar-refractivity contribution is 6.27. The SMILES string of the molecule is CC(C)(C)N(C(=O)CCl)C1CCCCC1. The summed E-state index contributed by atoms with van der Waals surface area (Å²) in [6.07, 6.45) is 6.07. The van der Waals surface area contributed by atoms with Gasteiger partial charge in [0.15, 0.2) is 0 Å². The van der Waals surface area contributed by atoms with Crippen LogP contribution in [0.2, 0.25) is 0 Å². The molecule has 88 valence electrons. The van der Waals surface area contributed by atoms with Crippen molar-refractivity contribution in [2.24, 2.45) is 0 Å². The van der Waals surface area contributed by atoms with Crippen LogP contribution in [-0.4, -0.2) is 28.3 Å². The van der Waals surface area contributed by atoms with Crippen molar-refractivity contribution >= 4 is 17.5 Å². The Balaban J connectivity index is 2.75. The molecular formula is C12H22ClNO. The summed E-state index contributed by atoms with van der Waals surface area (Å²) < 4.78 is 0. The maximum atomic E-state index is 11.9. The third-order valence-corrected chi connectivity index (χ3v) is 3.27. The number of halogens is 1. The molecule has 1 fully saturated rings. The van der Waals surface area contributed by atoms with Gasteiger partial charge in [-0.15, -0.1) is 11.6 Å². The van der Waals surface area contributed by atoms with Crippen LogP contribution in [0.25, 0.3) is 0 Å². The first-order valence-electron chi connectivity index (χ1n) is 5.85. The Morgan fingerprint density at radius 1 is 1.27 bits per heavy atom. The summed E-state index contributed by atoms with van der Waals surface area (Å²) in [7, 11) is 0. The van der Waals surface area contributed by atoms with Crippen LogP contribution in [0.4, 0.5) is 0 Å². The van der Waals surface area contributed by atoms with E-state index in [4.69, 9.17) is 11.6 Å². The van der Waals surface area contributed by atoms with Gasteiger partial charge < -0.3 is 4.90 Å². The van der Waals surface area contributed by atoms with Crippen LogP contribution in [0.1, 0.15) is 52.9 Å². The monoisotopic (exact) mass is 231 g/mol. The predicted octanol–water partition coefficient (Wildman–Crippen LogP) is 3.19. The topological polar surface area (TPSA) is 20.3 Å². The fourth-order valence-corrected chi connectivity index (χ4v) is 2.66. The van der Waals surface area contributed by atoms with E-state index in [1.807, 2.05) is 4.90 Å². The first kappa shape index (κ1) is 12.8. The highest BCUT2D eigenvalue weighted by atomic mass is 35.5. The van der Waals surface area contributed by atoms with Crippen molar-refractivity contribution < 1.29 is 4.79 Å². The van der Waals surface area contributed by atoms with Crippen molar-refractivity contribution in [3.05, 3.63) is 0 Å². The van der Waals surface area contributed by atoms with Gasteiger partial charge in [-0.25, -0.2) is 0 Å². The maximum Gasteiger partial charge on any atom is 0.238 e. The van der Waals surface area contributed by atoms with Crippen molar-refractivity contribution in [2.75, 3.05) is 5.88 Å². The third kappa shape index (κ3) is 3.37. The van der Waals surface area contributed by atoms with Gasteiger partial charge in [-0.3, -0.25) is 4.79 Å². The summed E-state index contributed by atoms with van der Waals surface area (Å²) in [6.45, 7) is 6.27. The number of rotatable bonds is 2. The molecule has 0 aromatic carbocycles. The zero-order valence-corrected chi connectivity index (χ0v) is 10.8. The Bertz CT molecular complexity index is 216. The summed E-state index contributed by atoms with van der Waals surface area (Å²) in [4.78, 5) is 13.9. The molecule has 0 atom stereocenters. The average molecular weight is 232 g/mol. The predicted molar refractivity (Wildman–Crippen MR) is 64.2 cm³/mol. The van der Waals surface area contributed by atoms with Crippen LogP contribution < -0.4 is 0 Å². The molecule has 2 nitrogen and oxygen atoms in total. The smallest absolute Gasteiger partial charge is 0.238 e. The molecule has 0 heterocycles. The lowest BCUT2D eigenvalue weighted by Gasteiger charge is -2.43. The second kappa shape index (κ2) is 5.20. The zero-order chi connectivity index (χ0) is 11.5. The Labute approximate surface area is 98.0 Å². The van der Waals surface area contributed by atoms with E-state index in [1.54, 1.807) is 0 Å². The lowest BCUT2D eigenvalue weighted by Crippen LogP contribution is -2.52. The minimum Gasteiger partial charge on any atom is -0.334 e. The molecule has 3 heteroatoms. The van der Waals surface area contributed by atoms with Gasteiger partial charge in [0, 0.05) is 11.6 Å². The van der Waals surface area contributed by atoms with Crippen molar-refractivity contribution in [3.63, 3.8) is 0 Å². The summed E-state index contributed by atoms with van der Waals surface area (Å²) >= 11 is 5.68. The Morgan fingerprint density at radius 3 is 2.20 bits per heavy atom. The number of alkyl halides is 1. The standard InChI is InChI=1S/C12H22ClNO/c1-12(2,3)14(11(15)9-13)10-7-5-4-6-8-10/h10H,4-9H2,1-3H3. The molecule has 0 N–H and O–H groups in total. The molecule has 1 rings (SSSR count). The van der Waals surface area contributed by atoms with E-state index in [0.717, 1.165) is 12.8 Å². The molecule has 0 aliphatic heterocycles. The average Bonchev–Trinajstić information content (AvgIpc) is 2.17. The highest BCUT2D eigenvalue weighted by Gasteiger charge is 2.32. The Hall–Kier alpha value is -0.240. The molecule has 0 unspecified atom stereocenters. The first-order chi connectivity index (χ1) is 6.96. The molecule has 0 spiro atoms. The summed E-state index contributed by atoms with van der Waals surface area (Å²) in [5, 5.41) is 0. The first-order valence-corrected chi connectivity index (χ1v) is 6.38. The number of hydrogen-bond acceptors (Lipinski definition) is 1. The van der Waals surface area contributed by atoms with Crippen LogP contribution in [0.15, 0.2) is 0 Å². The number of hydrogen-bond donors (Lipinski definition) is 0. The fourth-order valence-electron chi connectivity index (χ4n) is 2.53. The molecule has 1 saturated carbocycles. The zero-order valence-electron chi connectivity index (χ0n) is 10.1. The molecule has 0 aromatic heterocycles. The van der Waals surface area contributed by atoms with E-state index in [1.165, 1.54) is 19.3 Å². The van der Waals surface area contributed by atoms with Gasteiger partial charge in [0.2, 0.25) is 5.91 Å². The summed E-state index contributed by atoms with van der Waals surface area (Å²) in [5.74, 6) is 0.185. The lowest BCUT2D eigenvalue weighted by atomic mass is 9.90. The van der Waals surface area contributed by atoms with Crippen molar-refractivity contribution in [3.8, 4) is 0 Å². The van der Waals surface area contributed by atoms with Crippen LogP contribution in [0.3, 0.4) is 0 Å². The second-order valence-electron chi connectivity index (χ2n) is 5.36. The number of carbonyl (C=O) groups excluding carboxylic acids is 1. The summed E-state index contributed by atoms with van der Waals surface area (Å²) in [6, 6.07) is 0.407.